The predicted molar refractivity (Wildman–Crippen MR) is 151 cm³/mol. The summed E-state index contributed by atoms with van der Waals surface area (Å²) in [7, 11) is 0. The van der Waals surface area contributed by atoms with E-state index in [1.807, 2.05) is 0 Å². The second-order valence-corrected chi connectivity index (χ2v) is 12.1. The lowest BCUT2D eigenvalue weighted by Gasteiger charge is -2.49. The zero-order valence-electron chi connectivity index (χ0n) is 26.4. The molecule has 2 amide bonds. The van der Waals surface area contributed by atoms with E-state index in [0.717, 1.165) is 13.8 Å². The fraction of sp³-hybridized carbons (Fsp3) is 0.926. The van der Waals surface area contributed by atoms with Gasteiger partial charge in [0.2, 0.25) is 11.8 Å². The molecular weight excluding hydrogens is 672 g/mol. The number of carbonyl (C=O) groups is 2. The fourth-order valence-electron chi connectivity index (χ4n) is 6.13. The third kappa shape index (κ3) is 8.65. The van der Waals surface area contributed by atoms with Gasteiger partial charge in [0.1, 0.15) is 91.4 Å². The Balaban J connectivity index is 1.60. The number of aliphatic hydroxyl groups is 11. The van der Waals surface area contributed by atoms with Crippen molar-refractivity contribution in [2.75, 3.05) is 26.4 Å². The Morgan fingerprint density at radius 1 is 0.490 bits per heavy atom. The number of hydrogen-bond acceptors (Lipinski definition) is 20. The first-order valence-electron chi connectivity index (χ1n) is 15.5. The summed E-state index contributed by atoms with van der Waals surface area (Å²) in [6.07, 6.45) is -28.5. The van der Waals surface area contributed by atoms with Crippen LogP contribution in [0.4, 0.5) is 0 Å². The average molecular weight is 719 g/mol. The smallest absolute Gasteiger partial charge is 0.217 e. The number of rotatable bonds is 12. The molecule has 4 saturated heterocycles. The molecule has 0 bridgehead atoms. The van der Waals surface area contributed by atoms with Crippen LogP contribution in [0.1, 0.15) is 13.8 Å². The molecule has 0 spiro atoms. The standard InChI is InChI=1S/C27H46N2O20/c1-7(34)28-13-17(38)21(11(5-32)43-24(13)42)47-25-14(29-8(2)35)18(39)22(12(6-33)46-25)48-27-23(19(40)15(36)9(3-30)45-27)49-26-20(41)16(37)10(4-31)44-26/h9-27,30-33,36-42H,3-6H2,1-2H3,(H,28,34)(H,29,35)/t9-,10-,11-,12-,13-,14-,15-,16+,17-,18-,19+,20-,21-,22-,23+,24?,25+,26+,27+/m1/s1. The minimum atomic E-state index is -1.91. The summed E-state index contributed by atoms with van der Waals surface area (Å²) in [5.74, 6) is -1.38. The number of hydrogen-bond donors (Lipinski definition) is 13. The minimum absolute atomic E-state index is 0.652. The fourth-order valence-corrected chi connectivity index (χ4v) is 6.13. The van der Waals surface area contributed by atoms with E-state index in [2.05, 4.69) is 10.6 Å². The van der Waals surface area contributed by atoms with Crippen LogP contribution in [0.3, 0.4) is 0 Å². The summed E-state index contributed by atoms with van der Waals surface area (Å²) in [6, 6.07) is -3.02. The van der Waals surface area contributed by atoms with Gasteiger partial charge in [0.25, 0.3) is 0 Å². The van der Waals surface area contributed by atoms with E-state index < -0.39 is 155 Å². The Morgan fingerprint density at radius 3 is 1.43 bits per heavy atom. The largest absolute Gasteiger partial charge is 0.394 e. The molecule has 4 aliphatic rings. The number of amides is 2. The second kappa shape index (κ2) is 17.2. The maximum atomic E-state index is 12.2. The van der Waals surface area contributed by atoms with Gasteiger partial charge in [-0.2, -0.15) is 0 Å². The molecule has 0 aliphatic carbocycles. The van der Waals surface area contributed by atoms with Crippen molar-refractivity contribution in [3.05, 3.63) is 0 Å². The van der Waals surface area contributed by atoms with Crippen LogP contribution in [-0.2, 0) is 42.7 Å². The van der Waals surface area contributed by atoms with Gasteiger partial charge in [0.05, 0.1) is 26.4 Å². The molecule has 0 aromatic heterocycles. The molecule has 4 fully saturated rings. The van der Waals surface area contributed by atoms with Crippen molar-refractivity contribution in [3.63, 3.8) is 0 Å². The number of carbonyl (C=O) groups excluding carboxylic acids is 2. The Morgan fingerprint density at radius 2 is 0.898 bits per heavy atom. The van der Waals surface area contributed by atoms with Crippen molar-refractivity contribution in [1.29, 1.82) is 0 Å². The first kappa shape index (κ1) is 40.0. The van der Waals surface area contributed by atoms with E-state index >= 15 is 0 Å². The van der Waals surface area contributed by atoms with Crippen LogP contribution in [0.25, 0.3) is 0 Å². The molecule has 1 unspecified atom stereocenters. The maximum Gasteiger partial charge on any atom is 0.217 e. The van der Waals surface area contributed by atoms with Crippen LogP contribution in [0.15, 0.2) is 0 Å². The first-order valence-corrected chi connectivity index (χ1v) is 15.5. The monoisotopic (exact) mass is 718 g/mol. The molecule has 22 nitrogen and oxygen atoms in total. The third-order valence-corrected chi connectivity index (χ3v) is 8.66. The zero-order chi connectivity index (χ0) is 36.3. The van der Waals surface area contributed by atoms with E-state index in [1.54, 1.807) is 0 Å². The van der Waals surface area contributed by atoms with Crippen LogP contribution in [-0.4, -0.2) is 211 Å². The van der Waals surface area contributed by atoms with Crippen molar-refractivity contribution in [2.45, 2.75) is 130 Å². The van der Waals surface area contributed by atoms with Crippen LogP contribution < -0.4 is 10.6 Å². The van der Waals surface area contributed by atoms with Crippen molar-refractivity contribution in [3.8, 4) is 0 Å². The van der Waals surface area contributed by atoms with Crippen molar-refractivity contribution in [1.82, 2.24) is 10.6 Å². The quantitative estimate of drug-likeness (QED) is 0.0890. The number of nitrogens with one attached hydrogen (secondary N) is 2. The van der Waals surface area contributed by atoms with Gasteiger partial charge in [-0.15, -0.1) is 0 Å². The van der Waals surface area contributed by atoms with Gasteiger partial charge in [-0.1, -0.05) is 0 Å². The summed E-state index contributed by atoms with van der Waals surface area (Å²) in [5, 5.41) is 119. The summed E-state index contributed by atoms with van der Waals surface area (Å²) in [4.78, 5) is 23.9. The predicted octanol–water partition coefficient (Wildman–Crippen LogP) is -8.82. The van der Waals surface area contributed by atoms with Gasteiger partial charge in [0, 0.05) is 13.8 Å². The summed E-state index contributed by atoms with van der Waals surface area (Å²) in [5.41, 5.74) is 0. The SMILES string of the molecule is CC(=O)N[C@H]1[C@H](O[C@H]2[C@H](O)[C@@H](NC(C)=O)C(O)O[C@@H]2CO)O[C@H](CO)[C@@H](O[C@@H]2O[C@H](CO)[C@@H](O)[C@H](O)[C@@H]2O[C@@H]2O[C@H](CO)[C@H](O)[C@H]2O)[C@@H]1O. The Labute approximate surface area is 278 Å². The summed E-state index contributed by atoms with van der Waals surface area (Å²) < 4.78 is 39.4. The molecule has 19 atom stereocenters. The van der Waals surface area contributed by atoms with Gasteiger partial charge in [-0.3, -0.25) is 9.59 Å². The van der Waals surface area contributed by atoms with E-state index in [-0.39, 0.29) is 0 Å². The molecular formula is C27H46N2O20. The lowest BCUT2D eigenvalue weighted by molar-refractivity contribution is -0.374. The maximum absolute atomic E-state index is 12.2. The van der Waals surface area contributed by atoms with Crippen LogP contribution in [0, 0.1) is 0 Å². The lowest BCUT2D eigenvalue weighted by atomic mass is 9.94. The van der Waals surface area contributed by atoms with E-state index in [4.69, 9.17) is 33.2 Å². The summed E-state index contributed by atoms with van der Waals surface area (Å²) >= 11 is 0. The van der Waals surface area contributed by atoms with Gasteiger partial charge in [-0.05, 0) is 0 Å². The van der Waals surface area contributed by atoms with Crippen LogP contribution in [0.2, 0.25) is 0 Å². The van der Waals surface area contributed by atoms with E-state index in [9.17, 15) is 65.8 Å². The molecule has 22 heteroatoms. The number of aliphatic hydroxyl groups excluding tert-OH is 11. The number of ether oxygens (including phenoxy) is 7. The molecule has 4 rings (SSSR count). The highest BCUT2D eigenvalue weighted by Crippen LogP contribution is 2.34. The van der Waals surface area contributed by atoms with E-state index in [0.29, 0.717) is 0 Å². The Hall–Kier alpha value is -1.78. The van der Waals surface area contributed by atoms with Crippen molar-refractivity contribution < 1.29 is 98.9 Å². The third-order valence-electron chi connectivity index (χ3n) is 8.66. The van der Waals surface area contributed by atoms with Crippen LogP contribution in [0.5, 0.6) is 0 Å². The average Bonchev–Trinajstić information content (AvgIpc) is 3.33. The highest BCUT2D eigenvalue weighted by atomic mass is 16.8. The normalized spacial score (nSPS) is 47.5. The molecule has 0 radical (unpaired) electrons. The highest BCUT2D eigenvalue weighted by molar-refractivity contribution is 5.73. The molecule has 4 heterocycles. The minimum Gasteiger partial charge on any atom is -0.394 e. The molecule has 13 N–H and O–H groups in total. The van der Waals surface area contributed by atoms with Crippen LogP contribution >= 0.6 is 0 Å². The van der Waals surface area contributed by atoms with Gasteiger partial charge in [-0.25, -0.2) is 0 Å². The first-order chi connectivity index (χ1) is 23.2. The molecule has 284 valence electrons. The van der Waals surface area contributed by atoms with Gasteiger partial charge < -0.3 is 100.0 Å². The van der Waals surface area contributed by atoms with E-state index in [1.165, 1.54) is 0 Å². The Bertz CT molecular complexity index is 1090. The molecule has 0 saturated carbocycles. The zero-order valence-corrected chi connectivity index (χ0v) is 26.4. The molecule has 0 aromatic rings. The van der Waals surface area contributed by atoms with Crippen molar-refractivity contribution in [2.24, 2.45) is 0 Å². The Kier molecular flexibility index (Phi) is 14.0. The van der Waals surface area contributed by atoms with Crippen molar-refractivity contribution >= 4 is 11.8 Å². The molecule has 4 aliphatic heterocycles. The topological polar surface area (TPSA) is 345 Å². The lowest BCUT2D eigenvalue weighted by Crippen LogP contribution is -2.70. The highest BCUT2D eigenvalue weighted by Gasteiger charge is 2.56. The molecule has 49 heavy (non-hydrogen) atoms. The summed E-state index contributed by atoms with van der Waals surface area (Å²) in [6.45, 7) is -1.09. The second-order valence-electron chi connectivity index (χ2n) is 12.1. The van der Waals surface area contributed by atoms with Gasteiger partial charge >= 0.3 is 0 Å². The van der Waals surface area contributed by atoms with Gasteiger partial charge in [0.15, 0.2) is 25.2 Å². The molecule has 0 aromatic carbocycles.